The predicted octanol–water partition coefficient (Wildman–Crippen LogP) is 3.47. The highest BCUT2D eigenvalue weighted by Gasteiger charge is 2.40. The van der Waals surface area contributed by atoms with Gasteiger partial charge in [-0.2, -0.15) is 10.5 Å². The summed E-state index contributed by atoms with van der Waals surface area (Å²) in [4.78, 5) is 29.5. The van der Waals surface area contributed by atoms with Crippen LogP contribution in [0.15, 0.2) is 24.3 Å². The Morgan fingerprint density at radius 3 is 2.68 bits per heavy atom. The lowest BCUT2D eigenvalue weighted by Crippen LogP contribution is -2.39. The van der Waals surface area contributed by atoms with Crippen LogP contribution in [0.3, 0.4) is 0 Å². The highest BCUT2D eigenvalue weighted by atomic mass is 32.2. The molecular weight excluding hydrogens is 484 g/mol. The molecule has 200 valence electrons. The number of nitrogens with one attached hydrogen (secondary N) is 2. The van der Waals surface area contributed by atoms with Gasteiger partial charge in [0.1, 0.15) is 12.5 Å². The summed E-state index contributed by atoms with van der Waals surface area (Å²) in [5.41, 5.74) is 2.38. The quantitative estimate of drug-likeness (QED) is 0.403. The Bertz CT molecular complexity index is 995. The fourth-order valence-corrected chi connectivity index (χ4v) is 7.09. The largest absolute Gasteiger partial charge is 0.385 e. The van der Waals surface area contributed by atoms with Crippen molar-refractivity contribution in [1.82, 2.24) is 15.1 Å². The van der Waals surface area contributed by atoms with E-state index in [1.807, 2.05) is 19.1 Å². The number of likely N-dealkylation sites (tertiary alicyclic amines) is 1. The molecule has 3 rings (SSSR count). The van der Waals surface area contributed by atoms with Gasteiger partial charge in [0.25, 0.3) is 0 Å². The van der Waals surface area contributed by atoms with Gasteiger partial charge in [-0.15, -0.1) is 11.8 Å². The fraction of sp³-hybridized carbons (Fsp3) is 0.643. The van der Waals surface area contributed by atoms with E-state index in [9.17, 15) is 14.9 Å². The average Bonchev–Trinajstić information content (AvgIpc) is 3.18. The van der Waals surface area contributed by atoms with Crippen molar-refractivity contribution >= 4 is 29.3 Å². The molecule has 0 bridgehead atoms. The van der Waals surface area contributed by atoms with Crippen molar-refractivity contribution in [3.63, 3.8) is 0 Å². The Kier molecular flexibility index (Phi) is 11.1. The minimum atomic E-state index is -0.885. The molecule has 0 aromatic heterocycles. The molecule has 2 amide bonds. The number of nitrogens with zero attached hydrogens (tertiary/aromatic N) is 4. The maximum atomic E-state index is 13.0. The summed E-state index contributed by atoms with van der Waals surface area (Å²) in [7, 11) is 0. The van der Waals surface area contributed by atoms with Gasteiger partial charge in [-0.25, -0.2) is 0 Å². The van der Waals surface area contributed by atoms with Gasteiger partial charge >= 0.3 is 0 Å². The van der Waals surface area contributed by atoms with E-state index in [0.29, 0.717) is 19.5 Å². The Labute approximate surface area is 225 Å². The summed E-state index contributed by atoms with van der Waals surface area (Å²) < 4.78 is 0. The second-order valence-electron chi connectivity index (χ2n) is 10.4. The number of benzene rings is 1. The third kappa shape index (κ3) is 8.38. The fourth-order valence-electron chi connectivity index (χ4n) is 5.50. The molecule has 2 fully saturated rings. The zero-order chi connectivity index (χ0) is 26.8. The molecule has 0 saturated carbocycles. The maximum absolute atomic E-state index is 13.0. The number of hydrogen-bond donors (Lipinski definition) is 2. The SMILES string of the molecule is CCN1C(=O)C(CCNc2cccc(CCN3CC(C)CC(C)C3)c2)SC1CC(C#N)C(=O)NCC#N. The van der Waals surface area contributed by atoms with E-state index in [2.05, 4.69) is 53.6 Å². The van der Waals surface area contributed by atoms with Crippen LogP contribution in [0.5, 0.6) is 0 Å². The van der Waals surface area contributed by atoms with Crippen molar-refractivity contribution in [3.05, 3.63) is 29.8 Å². The minimum Gasteiger partial charge on any atom is -0.385 e. The number of thioether (sulfide) groups is 1. The molecule has 0 aliphatic carbocycles. The van der Waals surface area contributed by atoms with Crippen LogP contribution in [-0.4, -0.2) is 71.5 Å². The van der Waals surface area contributed by atoms with Gasteiger partial charge in [0.2, 0.25) is 11.8 Å². The summed E-state index contributed by atoms with van der Waals surface area (Å²) in [6, 6.07) is 12.4. The Hall–Kier alpha value is -2.75. The van der Waals surface area contributed by atoms with Crippen LogP contribution < -0.4 is 10.6 Å². The summed E-state index contributed by atoms with van der Waals surface area (Å²) in [6.07, 6.45) is 3.28. The van der Waals surface area contributed by atoms with E-state index in [0.717, 1.165) is 30.5 Å². The molecule has 37 heavy (non-hydrogen) atoms. The molecule has 2 saturated heterocycles. The van der Waals surface area contributed by atoms with Crippen LogP contribution in [0.25, 0.3) is 0 Å². The Balaban J connectivity index is 1.48. The zero-order valence-corrected chi connectivity index (χ0v) is 23.1. The predicted molar refractivity (Wildman–Crippen MR) is 148 cm³/mol. The first-order valence-electron chi connectivity index (χ1n) is 13.4. The number of carbonyl (C=O) groups excluding carboxylic acids is 2. The van der Waals surface area contributed by atoms with E-state index in [-0.39, 0.29) is 29.5 Å². The van der Waals surface area contributed by atoms with Crippen molar-refractivity contribution in [2.75, 3.05) is 44.6 Å². The first-order chi connectivity index (χ1) is 17.8. The second-order valence-corrected chi connectivity index (χ2v) is 11.8. The van der Waals surface area contributed by atoms with Gasteiger partial charge in [-0.1, -0.05) is 26.0 Å². The number of carbonyl (C=O) groups is 2. The van der Waals surface area contributed by atoms with Crippen LogP contribution in [0.4, 0.5) is 5.69 Å². The number of piperidine rings is 1. The lowest BCUT2D eigenvalue weighted by atomic mass is 9.91. The number of anilines is 1. The number of nitriles is 2. The zero-order valence-electron chi connectivity index (χ0n) is 22.3. The molecule has 9 heteroatoms. The van der Waals surface area contributed by atoms with Crippen molar-refractivity contribution < 1.29 is 9.59 Å². The molecule has 8 nitrogen and oxygen atoms in total. The number of hydrogen-bond acceptors (Lipinski definition) is 7. The second kappa shape index (κ2) is 14.3. The molecular formula is C28H40N6O2S. The van der Waals surface area contributed by atoms with Crippen LogP contribution in [0, 0.1) is 40.4 Å². The number of rotatable bonds is 12. The molecule has 2 aliphatic heterocycles. The highest BCUT2D eigenvalue weighted by molar-refractivity contribution is 8.01. The van der Waals surface area contributed by atoms with E-state index >= 15 is 0 Å². The molecule has 1 aromatic carbocycles. The van der Waals surface area contributed by atoms with E-state index in [1.54, 1.807) is 4.90 Å². The van der Waals surface area contributed by atoms with Gasteiger partial charge in [0, 0.05) is 44.8 Å². The van der Waals surface area contributed by atoms with E-state index < -0.39 is 11.8 Å². The Morgan fingerprint density at radius 1 is 1.24 bits per heavy atom. The smallest absolute Gasteiger partial charge is 0.238 e. The molecule has 5 unspecified atom stereocenters. The summed E-state index contributed by atoms with van der Waals surface area (Å²) >= 11 is 1.53. The highest BCUT2D eigenvalue weighted by Crippen LogP contribution is 2.37. The summed E-state index contributed by atoms with van der Waals surface area (Å²) in [5.74, 6) is 0.253. The van der Waals surface area contributed by atoms with Crippen LogP contribution >= 0.6 is 11.8 Å². The molecule has 0 radical (unpaired) electrons. The minimum absolute atomic E-state index is 0.0622. The monoisotopic (exact) mass is 524 g/mol. The standard InChI is InChI=1S/C28H40N6O2S/c1-4-34-26(16-23(17-30)27(35)32-12-10-29)37-25(28(34)36)8-11-31-24-7-5-6-22(15-24)9-13-33-18-20(2)14-21(3)19-33/h5-7,15,20-21,23,25-26,31H,4,8-9,11-14,16,18-19H2,1-3H3,(H,32,35). The van der Waals surface area contributed by atoms with Crippen molar-refractivity contribution in [2.45, 2.75) is 57.1 Å². The first-order valence-corrected chi connectivity index (χ1v) is 14.3. The molecule has 2 N–H and O–H groups in total. The van der Waals surface area contributed by atoms with Gasteiger partial charge in [0.15, 0.2) is 0 Å². The van der Waals surface area contributed by atoms with Crippen LogP contribution in [-0.2, 0) is 16.0 Å². The molecule has 2 heterocycles. The molecule has 2 aliphatic rings. The van der Waals surface area contributed by atoms with Crippen molar-refractivity contribution in [3.8, 4) is 12.1 Å². The lowest BCUT2D eigenvalue weighted by Gasteiger charge is -2.35. The summed E-state index contributed by atoms with van der Waals surface area (Å²) in [5, 5.41) is 23.6. The van der Waals surface area contributed by atoms with Crippen LogP contribution in [0.2, 0.25) is 0 Å². The first kappa shape index (κ1) is 28.8. The molecule has 0 spiro atoms. The normalized spacial score (nSPS) is 24.8. The average molecular weight is 525 g/mol. The topological polar surface area (TPSA) is 112 Å². The van der Waals surface area contributed by atoms with Crippen molar-refractivity contribution in [2.24, 2.45) is 17.8 Å². The van der Waals surface area contributed by atoms with Gasteiger partial charge < -0.3 is 20.4 Å². The summed E-state index contributed by atoms with van der Waals surface area (Å²) in [6.45, 7) is 11.1. The third-order valence-corrected chi connectivity index (χ3v) is 8.67. The molecule has 1 aromatic rings. The third-order valence-electron chi connectivity index (χ3n) is 7.14. The van der Waals surface area contributed by atoms with Gasteiger partial charge in [-0.05, 0) is 55.7 Å². The van der Waals surface area contributed by atoms with E-state index in [1.165, 1.54) is 36.8 Å². The molecule has 5 atom stereocenters. The Morgan fingerprint density at radius 2 is 2.00 bits per heavy atom. The van der Waals surface area contributed by atoms with Gasteiger partial charge in [-0.3, -0.25) is 9.59 Å². The lowest BCUT2D eigenvalue weighted by molar-refractivity contribution is -0.131. The van der Waals surface area contributed by atoms with Gasteiger partial charge in [0.05, 0.1) is 22.8 Å². The maximum Gasteiger partial charge on any atom is 0.238 e. The van der Waals surface area contributed by atoms with E-state index in [4.69, 9.17) is 5.26 Å². The van der Waals surface area contributed by atoms with Crippen molar-refractivity contribution in [1.29, 1.82) is 10.5 Å². The number of amides is 2. The van der Waals surface area contributed by atoms with Crippen LogP contribution in [0.1, 0.15) is 45.6 Å².